The fourth-order valence-corrected chi connectivity index (χ4v) is 5.70. The molecule has 1 aliphatic rings. The SMILES string of the molecule is CC1(C)CNCCN1S(=O)(=O)c1ccc(Br)cc1Br. The third-order valence-electron chi connectivity index (χ3n) is 3.19. The van der Waals surface area contributed by atoms with Crippen LogP contribution in [0.15, 0.2) is 32.0 Å². The first-order valence-electron chi connectivity index (χ1n) is 5.94. The summed E-state index contributed by atoms with van der Waals surface area (Å²) in [5.74, 6) is 0. The standard InChI is InChI=1S/C12H16Br2N2O2S/c1-12(2)8-15-5-6-16(12)19(17,18)11-4-3-9(13)7-10(11)14/h3-4,7,15H,5-6,8H2,1-2H3. The van der Waals surface area contributed by atoms with Gasteiger partial charge in [-0.05, 0) is 48.0 Å². The van der Waals surface area contributed by atoms with Crippen molar-refractivity contribution in [1.29, 1.82) is 0 Å². The van der Waals surface area contributed by atoms with Crippen LogP contribution in [0.1, 0.15) is 13.8 Å². The van der Waals surface area contributed by atoms with Crippen molar-refractivity contribution in [2.24, 2.45) is 0 Å². The van der Waals surface area contributed by atoms with Crippen LogP contribution in [0.4, 0.5) is 0 Å². The molecular formula is C12H16Br2N2O2S. The van der Waals surface area contributed by atoms with Crippen LogP contribution < -0.4 is 5.32 Å². The topological polar surface area (TPSA) is 49.4 Å². The van der Waals surface area contributed by atoms with Crippen LogP contribution in [-0.4, -0.2) is 37.9 Å². The molecule has 1 N–H and O–H groups in total. The van der Waals surface area contributed by atoms with E-state index in [1.807, 2.05) is 13.8 Å². The molecule has 7 heteroatoms. The van der Waals surface area contributed by atoms with E-state index in [4.69, 9.17) is 0 Å². The van der Waals surface area contributed by atoms with Crippen molar-refractivity contribution in [3.05, 3.63) is 27.1 Å². The second-order valence-corrected chi connectivity index (χ2v) is 8.74. The Balaban J connectivity index is 2.47. The lowest BCUT2D eigenvalue weighted by molar-refractivity contribution is 0.186. The van der Waals surface area contributed by atoms with Gasteiger partial charge < -0.3 is 5.32 Å². The Morgan fingerprint density at radius 1 is 1.32 bits per heavy atom. The summed E-state index contributed by atoms with van der Waals surface area (Å²) in [6.45, 7) is 5.68. The van der Waals surface area contributed by atoms with Gasteiger partial charge in [-0.2, -0.15) is 4.31 Å². The van der Waals surface area contributed by atoms with Gasteiger partial charge in [0.05, 0.1) is 4.90 Å². The second-order valence-electron chi connectivity index (χ2n) is 5.14. The quantitative estimate of drug-likeness (QED) is 0.813. The Hall–Kier alpha value is 0.0500. The zero-order valence-electron chi connectivity index (χ0n) is 10.8. The average molecular weight is 412 g/mol. The molecule has 0 unspecified atom stereocenters. The molecule has 0 aliphatic carbocycles. The molecular weight excluding hydrogens is 396 g/mol. The van der Waals surface area contributed by atoms with E-state index in [1.54, 1.807) is 22.5 Å². The molecule has 0 radical (unpaired) electrons. The Labute approximate surface area is 130 Å². The van der Waals surface area contributed by atoms with Gasteiger partial charge in [-0.25, -0.2) is 8.42 Å². The monoisotopic (exact) mass is 410 g/mol. The van der Waals surface area contributed by atoms with Crippen LogP contribution in [0.3, 0.4) is 0 Å². The van der Waals surface area contributed by atoms with Gasteiger partial charge in [-0.3, -0.25) is 0 Å². The highest BCUT2D eigenvalue weighted by Crippen LogP contribution is 2.31. The van der Waals surface area contributed by atoms with Crippen LogP contribution in [0.2, 0.25) is 0 Å². The number of nitrogens with zero attached hydrogens (tertiary/aromatic N) is 1. The molecule has 1 saturated heterocycles. The lowest BCUT2D eigenvalue weighted by Gasteiger charge is -2.41. The second kappa shape index (κ2) is 5.44. The lowest BCUT2D eigenvalue weighted by Crippen LogP contribution is -2.59. The summed E-state index contributed by atoms with van der Waals surface area (Å²) in [4.78, 5) is 0.311. The minimum Gasteiger partial charge on any atom is -0.314 e. The molecule has 1 fully saturated rings. The van der Waals surface area contributed by atoms with Crippen LogP contribution >= 0.6 is 31.9 Å². The summed E-state index contributed by atoms with van der Waals surface area (Å²) >= 11 is 6.67. The Kier molecular flexibility index (Phi) is 4.42. The summed E-state index contributed by atoms with van der Waals surface area (Å²) in [7, 11) is -3.49. The summed E-state index contributed by atoms with van der Waals surface area (Å²) in [5.41, 5.74) is -0.427. The van der Waals surface area contributed by atoms with Crippen LogP contribution in [0, 0.1) is 0 Å². The first-order chi connectivity index (χ1) is 8.75. The van der Waals surface area contributed by atoms with E-state index >= 15 is 0 Å². The minimum absolute atomic E-state index is 0.311. The normalized spacial score (nSPS) is 20.4. The zero-order chi connectivity index (χ0) is 14.3. The van der Waals surface area contributed by atoms with Crippen molar-refractivity contribution in [2.45, 2.75) is 24.3 Å². The molecule has 1 aromatic rings. The maximum atomic E-state index is 12.8. The molecule has 1 aromatic carbocycles. The summed E-state index contributed by atoms with van der Waals surface area (Å²) in [5, 5.41) is 3.23. The molecule has 0 bridgehead atoms. The van der Waals surface area contributed by atoms with E-state index in [0.717, 1.165) is 4.47 Å². The number of nitrogens with one attached hydrogen (secondary N) is 1. The maximum absolute atomic E-state index is 12.8. The van der Waals surface area contributed by atoms with Gasteiger partial charge in [-0.15, -0.1) is 0 Å². The maximum Gasteiger partial charge on any atom is 0.244 e. The van der Waals surface area contributed by atoms with Gasteiger partial charge in [0.2, 0.25) is 10.0 Å². The molecule has 1 heterocycles. The molecule has 4 nitrogen and oxygen atoms in total. The predicted octanol–water partition coefficient (Wildman–Crippen LogP) is 2.58. The van der Waals surface area contributed by atoms with Gasteiger partial charge >= 0.3 is 0 Å². The van der Waals surface area contributed by atoms with Crippen molar-refractivity contribution < 1.29 is 8.42 Å². The minimum atomic E-state index is -3.49. The Morgan fingerprint density at radius 2 is 2.00 bits per heavy atom. The first kappa shape index (κ1) is 15.4. The predicted molar refractivity (Wildman–Crippen MR) is 82.7 cm³/mol. The largest absolute Gasteiger partial charge is 0.314 e. The highest BCUT2D eigenvalue weighted by molar-refractivity contribution is 9.11. The van der Waals surface area contributed by atoms with Crippen LogP contribution in [0.5, 0.6) is 0 Å². The highest BCUT2D eigenvalue weighted by atomic mass is 79.9. The van der Waals surface area contributed by atoms with E-state index in [9.17, 15) is 8.42 Å². The molecule has 0 amide bonds. The van der Waals surface area contributed by atoms with Gasteiger partial charge in [0.25, 0.3) is 0 Å². The van der Waals surface area contributed by atoms with E-state index < -0.39 is 15.6 Å². The molecule has 0 spiro atoms. The van der Waals surface area contributed by atoms with Crippen LogP contribution in [-0.2, 0) is 10.0 Å². The van der Waals surface area contributed by atoms with Crippen molar-refractivity contribution >= 4 is 41.9 Å². The Morgan fingerprint density at radius 3 is 2.58 bits per heavy atom. The number of rotatable bonds is 2. The molecule has 0 atom stereocenters. The lowest BCUT2D eigenvalue weighted by atomic mass is 10.0. The van der Waals surface area contributed by atoms with Crippen molar-refractivity contribution in [3.63, 3.8) is 0 Å². The number of sulfonamides is 1. The van der Waals surface area contributed by atoms with Gasteiger partial charge in [0.15, 0.2) is 0 Å². The smallest absolute Gasteiger partial charge is 0.244 e. The fourth-order valence-electron chi connectivity index (χ4n) is 2.21. The molecule has 2 rings (SSSR count). The van der Waals surface area contributed by atoms with E-state index in [2.05, 4.69) is 37.2 Å². The number of piperazine rings is 1. The fraction of sp³-hybridized carbons (Fsp3) is 0.500. The molecule has 0 saturated carbocycles. The van der Waals surface area contributed by atoms with Crippen molar-refractivity contribution in [3.8, 4) is 0 Å². The summed E-state index contributed by atoms with van der Waals surface area (Å²) in [6, 6.07) is 5.12. The zero-order valence-corrected chi connectivity index (χ0v) is 14.8. The number of benzene rings is 1. The Bertz CT molecular complexity index is 587. The third-order valence-corrected chi connectivity index (χ3v) is 6.77. The van der Waals surface area contributed by atoms with E-state index in [-0.39, 0.29) is 0 Å². The summed E-state index contributed by atoms with van der Waals surface area (Å²) in [6.07, 6.45) is 0. The number of halogens is 2. The van der Waals surface area contributed by atoms with Gasteiger partial charge in [0.1, 0.15) is 0 Å². The van der Waals surface area contributed by atoms with Gasteiger partial charge in [0, 0.05) is 34.1 Å². The summed E-state index contributed by atoms with van der Waals surface area (Å²) < 4.78 is 28.6. The molecule has 19 heavy (non-hydrogen) atoms. The molecule has 0 aromatic heterocycles. The highest BCUT2D eigenvalue weighted by Gasteiger charge is 2.39. The van der Waals surface area contributed by atoms with E-state index in [1.165, 1.54) is 0 Å². The van der Waals surface area contributed by atoms with Crippen molar-refractivity contribution in [2.75, 3.05) is 19.6 Å². The molecule has 106 valence electrons. The number of hydrogen-bond acceptors (Lipinski definition) is 3. The van der Waals surface area contributed by atoms with Gasteiger partial charge in [-0.1, -0.05) is 15.9 Å². The molecule has 1 aliphatic heterocycles. The first-order valence-corrected chi connectivity index (χ1v) is 8.96. The average Bonchev–Trinajstić information content (AvgIpc) is 2.27. The van der Waals surface area contributed by atoms with E-state index in [0.29, 0.717) is 29.0 Å². The third kappa shape index (κ3) is 3.05. The number of hydrogen-bond donors (Lipinski definition) is 1. The van der Waals surface area contributed by atoms with Crippen LogP contribution in [0.25, 0.3) is 0 Å². The van der Waals surface area contributed by atoms with Crippen molar-refractivity contribution in [1.82, 2.24) is 9.62 Å².